The van der Waals surface area contributed by atoms with Crippen molar-refractivity contribution in [2.45, 2.75) is 354 Å². The van der Waals surface area contributed by atoms with Gasteiger partial charge < -0.3 is 18.9 Å². The molecular formula is C68H133NO8P+. The van der Waals surface area contributed by atoms with Crippen molar-refractivity contribution in [3.8, 4) is 0 Å². The van der Waals surface area contributed by atoms with Gasteiger partial charge in [-0.15, -0.1) is 0 Å². The van der Waals surface area contributed by atoms with Crippen LogP contribution in [0.4, 0.5) is 0 Å². The number of hydrogen-bond acceptors (Lipinski definition) is 7. The van der Waals surface area contributed by atoms with Crippen molar-refractivity contribution in [3.63, 3.8) is 0 Å². The Morgan fingerprint density at radius 1 is 0.397 bits per heavy atom. The first-order chi connectivity index (χ1) is 38.0. The summed E-state index contributed by atoms with van der Waals surface area (Å²) in [6.45, 7) is 4.49. The van der Waals surface area contributed by atoms with E-state index in [1.54, 1.807) is 0 Å². The van der Waals surface area contributed by atoms with Crippen LogP contribution in [0.25, 0.3) is 0 Å². The highest BCUT2D eigenvalue weighted by Gasteiger charge is 2.27. The monoisotopic (exact) mass is 1120 g/mol. The maximum absolute atomic E-state index is 12.9. The van der Waals surface area contributed by atoms with Gasteiger partial charge in [-0.25, -0.2) is 4.57 Å². The zero-order chi connectivity index (χ0) is 57.0. The van der Waals surface area contributed by atoms with E-state index in [9.17, 15) is 19.0 Å². The molecule has 0 fully saturated rings. The van der Waals surface area contributed by atoms with Crippen LogP contribution >= 0.6 is 7.82 Å². The second-order valence-corrected chi connectivity index (χ2v) is 26.0. The number of ether oxygens (including phenoxy) is 2. The summed E-state index contributed by atoms with van der Waals surface area (Å²) < 4.78 is 34.7. The topological polar surface area (TPSA) is 108 Å². The molecule has 10 heteroatoms. The molecule has 0 radical (unpaired) electrons. The fourth-order valence-electron chi connectivity index (χ4n) is 10.2. The number of unbranched alkanes of at least 4 members (excludes halogenated alkanes) is 46. The van der Waals surface area contributed by atoms with Gasteiger partial charge in [-0.3, -0.25) is 18.6 Å². The summed E-state index contributed by atoms with van der Waals surface area (Å²) in [5.41, 5.74) is 0. The second-order valence-electron chi connectivity index (χ2n) is 24.6. The van der Waals surface area contributed by atoms with E-state index in [0.29, 0.717) is 23.9 Å². The Balaban J connectivity index is 3.99. The molecule has 0 saturated heterocycles. The summed E-state index contributed by atoms with van der Waals surface area (Å²) in [5.74, 6) is -0.779. The molecule has 0 amide bonds. The van der Waals surface area contributed by atoms with Crippen LogP contribution in [0.15, 0.2) is 24.3 Å². The van der Waals surface area contributed by atoms with Crippen LogP contribution in [0, 0.1) is 0 Å². The highest BCUT2D eigenvalue weighted by Crippen LogP contribution is 2.43. The zero-order valence-corrected chi connectivity index (χ0v) is 53.6. The maximum atomic E-state index is 12.9. The molecule has 78 heavy (non-hydrogen) atoms. The molecule has 0 aromatic rings. The lowest BCUT2D eigenvalue weighted by Crippen LogP contribution is -2.37. The van der Waals surface area contributed by atoms with Crippen molar-refractivity contribution in [1.82, 2.24) is 0 Å². The van der Waals surface area contributed by atoms with E-state index in [1.165, 1.54) is 276 Å². The van der Waals surface area contributed by atoms with Crippen molar-refractivity contribution in [3.05, 3.63) is 24.3 Å². The molecule has 0 saturated carbocycles. The fraction of sp³-hybridized carbons (Fsp3) is 0.912. The van der Waals surface area contributed by atoms with E-state index in [2.05, 4.69) is 38.2 Å². The van der Waals surface area contributed by atoms with Gasteiger partial charge in [0.1, 0.15) is 19.8 Å². The van der Waals surface area contributed by atoms with Gasteiger partial charge in [0.25, 0.3) is 0 Å². The van der Waals surface area contributed by atoms with Gasteiger partial charge in [0.05, 0.1) is 27.7 Å². The molecule has 0 rings (SSSR count). The van der Waals surface area contributed by atoms with Crippen LogP contribution in [-0.2, 0) is 32.7 Å². The Bertz CT molecular complexity index is 1370. The molecule has 0 bridgehead atoms. The van der Waals surface area contributed by atoms with Crippen molar-refractivity contribution < 1.29 is 42.1 Å². The molecule has 0 aromatic heterocycles. The largest absolute Gasteiger partial charge is 0.472 e. The number of carbonyl (C=O) groups excluding carboxylic acids is 2. The standard InChI is InChI=1S/C68H132NO8P/c1-6-8-10-12-14-16-18-20-22-24-26-28-30-31-32-33-34-35-36-37-39-40-42-44-46-48-50-52-54-56-58-60-67(70)74-64-66(65-76-78(72,73)75-63-62-69(3,4)5)77-68(71)61-59-57-55-53-51-49-47-45-43-41-38-29-27-25-23-21-19-17-15-13-11-9-7-2/h19,21,25,27,66H,6-18,20,22-24,26,28-65H2,1-5H3/p+1/b21-19-,27-25-. The van der Waals surface area contributed by atoms with E-state index >= 15 is 0 Å². The Morgan fingerprint density at radius 2 is 0.692 bits per heavy atom. The van der Waals surface area contributed by atoms with Crippen LogP contribution in [0.3, 0.4) is 0 Å². The molecule has 0 spiro atoms. The number of phosphoric acid groups is 1. The van der Waals surface area contributed by atoms with Gasteiger partial charge in [0, 0.05) is 12.8 Å². The van der Waals surface area contributed by atoms with Gasteiger partial charge >= 0.3 is 19.8 Å². The lowest BCUT2D eigenvalue weighted by molar-refractivity contribution is -0.870. The summed E-state index contributed by atoms with van der Waals surface area (Å²) >= 11 is 0. The first-order valence-electron chi connectivity index (χ1n) is 34.1. The van der Waals surface area contributed by atoms with Gasteiger partial charge in [-0.1, -0.05) is 314 Å². The summed E-state index contributed by atoms with van der Waals surface area (Å²) in [4.78, 5) is 35.8. The smallest absolute Gasteiger partial charge is 0.462 e. The summed E-state index contributed by atoms with van der Waals surface area (Å²) in [6.07, 6.45) is 74.2. The molecule has 0 aliphatic rings. The second kappa shape index (κ2) is 60.1. The molecule has 1 N–H and O–H groups in total. The minimum absolute atomic E-state index is 0.0342. The van der Waals surface area contributed by atoms with Crippen LogP contribution in [0.5, 0.6) is 0 Å². The van der Waals surface area contributed by atoms with E-state index < -0.39 is 26.5 Å². The maximum Gasteiger partial charge on any atom is 0.472 e. The first kappa shape index (κ1) is 76.5. The lowest BCUT2D eigenvalue weighted by atomic mass is 10.0. The molecule has 0 aliphatic heterocycles. The molecule has 0 aromatic carbocycles. The average molecular weight is 1120 g/mol. The Kier molecular flexibility index (Phi) is 58.9. The predicted octanol–water partition coefficient (Wildman–Crippen LogP) is 21.7. The number of allylic oxidation sites excluding steroid dienone is 4. The number of hydrogen-bond donors (Lipinski definition) is 1. The van der Waals surface area contributed by atoms with Crippen molar-refractivity contribution in [2.24, 2.45) is 0 Å². The van der Waals surface area contributed by atoms with E-state index in [1.807, 2.05) is 21.1 Å². The van der Waals surface area contributed by atoms with Crippen LogP contribution < -0.4 is 0 Å². The SMILES string of the molecule is CCCCCCC/C=C\C/C=C\CCCCCCCCCCCCCC(=O)OC(COC(=O)CCCCCCCCCCCCCCCCCCCCCCCCCCCCCCCCC)COP(=O)(O)OCC[N+](C)(C)C. The molecule has 2 unspecified atom stereocenters. The molecule has 462 valence electrons. The van der Waals surface area contributed by atoms with Crippen molar-refractivity contribution in [2.75, 3.05) is 47.5 Å². The highest BCUT2D eigenvalue weighted by atomic mass is 31.2. The Morgan fingerprint density at radius 3 is 1.01 bits per heavy atom. The van der Waals surface area contributed by atoms with Crippen LogP contribution in [0.2, 0.25) is 0 Å². The van der Waals surface area contributed by atoms with Crippen LogP contribution in [0.1, 0.15) is 348 Å². The summed E-state index contributed by atoms with van der Waals surface area (Å²) in [6, 6.07) is 0. The molecule has 0 aliphatic carbocycles. The average Bonchev–Trinajstić information content (AvgIpc) is 3.40. The normalized spacial score (nSPS) is 13.3. The minimum Gasteiger partial charge on any atom is -0.462 e. The van der Waals surface area contributed by atoms with Gasteiger partial charge in [0.2, 0.25) is 0 Å². The van der Waals surface area contributed by atoms with Crippen molar-refractivity contribution >= 4 is 19.8 Å². The number of quaternary nitrogens is 1. The Labute approximate surface area is 485 Å². The predicted molar refractivity (Wildman–Crippen MR) is 335 cm³/mol. The fourth-order valence-corrected chi connectivity index (χ4v) is 11.0. The van der Waals surface area contributed by atoms with Crippen LogP contribution in [-0.4, -0.2) is 74.9 Å². The van der Waals surface area contributed by atoms with Gasteiger partial charge in [0.15, 0.2) is 6.10 Å². The number of phosphoric ester groups is 1. The van der Waals surface area contributed by atoms with Crippen molar-refractivity contribution in [1.29, 1.82) is 0 Å². The third kappa shape index (κ3) is 63.7. The lowest BCUT2D eigenvalue weighted by Gasteiger charge is -2.24. The molecule has 9 nitrogen and oxygen atoms in total. The third-order valence-corrected chi connectivity index (χ3v) is 16.5. The zero-order valence-electron chi connectivity index (χ0n) is 52.7. The molecule has 2 atom stereocenters. The van der Waals surface area contributed by atoms with E-state index in [-0.39, 0.29) is 25.6 Å². The third-order valence-electron chi connectivity index (χ3n) is 15.5. The highest BCUT2D eigenvalue weighted by molar-refractivity contribution is 7.47. The number of carbonyl (C=O) groups is 2. The number of rotatable bonds is 64. The number of nitrogens with zero attached hydrogens (tertiary/aromatic N) is 1. The Hall–Kier alpha value is -1.51. The molecular weight excluding hydrogens is 990 g/mol. The van der Waals surface area contributed by atoms with Gasteiger partial charge in [-0.2, -0.15) is 0 Å². The van der Waals surface area contributed by atoms with E-state index in [0.717, 1.165) is 38.5 Å². The number of likely N-dealkylation sites (N-methyl/N-ethyl adjacent to an activating group) is 1. The number of esters is 2. The quantitative estimate of drug-likeness (QED) is 0.0211. The molecule has 0 heterocycles. The summed E-state index contributed by atoms with van der Waals surface area (Å²) in [7, 11) is 1.49. The minimum atomic E-state index is -4.39. The summed E-state index contributed by atoms with van der Waals surface area (Å²) in [5, 5.41) is 0. The first-order valence-corrected chi connectivity index (χ1v) is 35.6. The van der Waals surface area contributed by atoms with Gasteiger partial charge in [-0.05, 0) is 44.9 Å². The van der Waals surface area contributed by atoms with E-state index in [4.69, 9.17) is 18.5 Å².